The molecule has 1 aliphatic rings. The second-order valence-electron chi connectivity index (χ2n) is 12.0. The third kappa shape index (κ3) is 7.94. The Morgan fingerprint density at radius 1 is 1.04 bits per heavy atom. The van der Waals surface area contributed by atoms with Crippen LogP contribution in [0, 0.1) is 0 Å². The largest absolute Gasteiger partial charge is 0.496 e. The van der Waals surface area contributed by atoms with Crippen molar-refractivity contribution in [1.29, 1.82) is 0 Å². The molecule has 4 N–H and O–H groups in total. The maximum atomic E-state index is 11.5. The minimum absolute atomic E-state index is 0.122. The van der Waals surface area contributed by atoms with Gasteiger partial charge in [-0.1, -0.05) is 77.3 Å². The van der Waals surface area contributed by atoms with Gasteiger partial charge in [0.25, 0.3) is 0 Å². The number of carbonyl (C=O) groups excluding carboxylic acids is 2. The van der Waals surface area contributed by atoms with Gasteiger partial charge in [-0.15, -0.1) is 0 Å². The highest BCUT2D eigenvalue weighted by molar-refractivity contribution is 6.37. The van der Waals surface area contributed by atoms with E-state index in [1.165, 1.54) is 0 Å². The summed E-state index contributed by atoms with van der Waals surface area (Å²) in [4.78, 5) is 22.6. The number of rotatable bonds is 14. The molecule has 49 heavy (non-hydrogen) atoms. The van der Waals surface area contributed by atoms with Crippen LogP contribution in [0.1, 0.15) is 29.5 Å². The van der Waals surface area contributed by atoms with Crippen LogP contribution in [0.15, 0.2) is 72.9 Å². The summed E-state index contributed by atoms with van der Waals surface area (Å²) in [6.07, 6.45) is 3.93. The van der Waals surface area contributed by atoms with Crippen LogP contribution in [0.3, 0.4) is 0 Å². The summed E-state index contributed by atoms with van der Waals surface area (Å²) in [6, 6.07) is 21.2. The fourth-order valence-corrected chi connectivity index (χ4v) is 6.92. The van der Waals surface area contributed by atoms with Gasteiger partial charge in [-0.3, -0.25) is 9.48 Å². The van der Waals surface area contributed by atoms with E-state index in [4.69, 9.17) is 44.6 Å². The summed E-state index contributed by atoms with van der Waals surface area (Å²) in [6.45, 7) is 1.79. The van der Waals surface area contributed by atoms with E-state index < -0.39 is 6.04 Å². The van der Waals surface area contributed by atoms with Crippen LogP contribution in [-0.2, 0) is 29.2 Å². The van der Waals surface area contributed by atoms with Crippen molar-refractivity contribution in [3.05, 3.63) is 105 Å². The number of nitrogens with one attached hydrogen (secondary N) is 3. The second kappa shape index (κ2) is 15.7. The molecule has 9 nitrogen and oxygen atoms in total. The van der Waals surface area contributed by atoms with Crippen LogP contribution >= 0.6 is 34.8 Å². The predicted octanol–water partition coefficient (Wildman–Crippen LogP) is 6.41. The molecule has 4 aromatic carbocycles. The predicted molar refractivity (Wildman–Crippen MR) is 194 cm³/mol. The van der Waals surface area contributed by atoms with Crippen LogP contribution in [0.5, 0.6) is 5.75 Å². The van der Waals surface area contributed by atoms with Gasteiger partial charge in [-0.05, 0) is 52.9 Å². The topological polar surface area (TPSA) is 118 Å². The second-order valence-corrected chi connectivity index (χ2v) is 13.3. The lowest BCUT2D eigenvalue weighted by Gasteiger charge is -2.16. The molecule has 1 saturated heterocycles. The number of aliphatic hydroxyl groups excluding tert-OH is 1. The molecule has 1 amide bonds. The maximum Gasteiger partial charge on any atom is 0.220 e. The van der Waals surface area contributed by atoms with Gasteiger partial charge in [0, 0.05) is 64.2 Å². The Kier molecular flexibility index (Phi) is 11.2. The first-order chi connectivity index (χ1) is 23.8. The molecular formula is C37H36Cl3N5O4. The number of nitrogens with zero attached hydrogens (tertiary/aromatic N) is 2. The Morgan fingerprint density at radius 2 is 1.84 bits per heavy atom. The lowest BCUT2D eigenvalue weighted by molar-refractivity contribution is -0.119. The number of benzene rings is 4. The van der Waals surface area contributed by atoms with Crippen LogP contribution in [-0.4, -0.2) is 59.4 Å². The number of amides is 1. The van der Waals surface area contributed by atoms with Gasteiger partial charge >= 0.3 is 0 Å². The van der Waals surface area contributed by atoms with Gasteiger partial charge in [0.15, 0.2) is 0 Å². The van der Waals surface area contributed by atoms with E-state index in [-0.39, 0.29) is 18.6 Å². The Hall–Kier alpha value is -3.96. The lowest BCUT2D eigenvalue weighted by Crippen LogP contribution is -2.35. The van der Waals surface area contributed by atoms with E-state index in [9.17, 15) is 14.7 Å². The average Bonchev–Trinajstić information content (AvgIpc) is 3.71. The Labute approximate surface area is 299 Å². The fourth-order valence-electron chi connectivity index (χ4n) is 6.12. The van der Waals surface area contributed by atoms with Gasteiger partial charge < -0.3 is 30.6 Å². The maximum absolute atomic E-state index is 11.5. The van der Waals surface area contributed by atoms with Crippen molar-refractivity contribution in [3.63, 3.8) is 0 Å². The van der Waals surface area contributed by atoms with Gasteiger partial charge in [0.2, 0.25) is 5.91 Å². The molecule has 0 saturated carbocycles. The molecule has 0 radical (unpaired) electrons. The van der Waals surface area contributed by atoms with Gasteiger partial charge in [0.05, 0.1) is 43.0 Å². The number of aldehydes is 1. The number of carbonyl (C=O) groups is 2. The van der Waals surface area contributed by atoms with Crippen molar-refractivity contribution in [3.8, 4) is 28.0 Å². The molecule has 12 heteroatoms. The minimum Gasteiger partial charge on any atom is -0.496 e. The number of aliphatic hydroxyl groups is 1. The zero-order chi connectivity index (χ0) is 34.5. The highest BCUT2D eigenvalue weighted by atomic mass is 35.5. The fraction of sp³-hybridized carbons (Fsp3) is 0.270. The van der Waals surface area contributed by atoms with E-state index >= 15 is 0 Å². The number of hydrogen-bond donors (Lipinski definition) is 4. The molecule has 2 heterocycles. The Bertz CT molecular complexity index is 1980. The quantitative estimate of drug-likeness (QED) is 0.0981. The molecule has 1 fully saturated rings. The summed E-state index contributed by atoms with van der Waals surface area (Å²) >= 11 is 20.5. The number of hydrogen-bond acceptors (Lipinski definition) is 7. The average molecular weight is 721 g/mol. The molecule has 1 aliphatic heterocycles. The zero-order valence-corrected chi connectivity index (χ0v) is 29.1. The summed E-state index contributed by atoms with van der Waals surface area (Å²) < 4.78 is 7.46. The van der Waals surface area contributed by atoms with E-state index in [1.807, 2.05) is 41.1 Å². The van der Waals surface area contributed by atoms with Gasteiger partial charge in [-0.2, -0.15) is 5.10 Å². The van der Waals surface area contributed by atoms with Crippen LogP contribution in [0.4, 0.5) is 0 Å². The molecular weight excluding hydrogens is 685 g/mol. The van der Waals surface area contributed by atoms with E-state index in [2.05, 4.69) is 40.2 Å². The highest BCUT2D eigenvalue weighted by Gasteiger charge is 2.20. The lowest BCUT2D eigenvalue weighted by atomic mass is 9.96. The van der Waals surface area contributed by atoms with Crippen LogP contribution < -0.4 is 20.7 Å². The van der Waals surface area contributed by atoms with Gasteiger partial charge in [0.1, 0.15) is 12.0 Å². The first kappa shape index (κ1) is 34.9. The third-order valence-electron chi connectivity index (χ3n) is 8.77. The molecule has 254 valence electrons. The molecule has 2 unspecified atom stereocenters. The molecule has 0 spiro atoms. The Balaban J connectivity index is 1.23. The summed E-state index contributed by atoms with van der Waals surface area (Å²) in [5.41, 5.74) is 7.09. The van der Waals surface area contributed by atoms with Crippen molar-refractivity contribution >= 4 is 57.9 Å². The van der Waals surface area contributed by atoms with Crippen molar-refractivity contribution in [2.75, 3.05) is 20.3 Å². The van der Waals surface area contributed by atoms with Crippen molar-refractivity contribution in [2.45, 2.75) is 44.6 Å². The van der Waals surface area contributed by atoms with Crippen molar-refractivity contribution < 1.29 is 19.4 Å². The molecule has 2 atom stereocenters. The number of fused-ring (bicyclic) bond motifs is 1. The number of aromatic nitrogens is 2. The standard InChI is InChI=1S/C37H36Cl3N5O4/c1-49-35-12-25(33(39)11-24(35)16-42-28(20-46)21-47)19-45-34-14-26(38)13-31(32(34)18-43-45)30-4-2-3-29(37(30)40)23-7-5-22(6-8-23)15-41-17-27-9-10-36(48)44-27/h2-8,11-14,18,20,27-28,41-42,47H,9-10,15-17,19,21H2,1H3,(H,44,48). The normalized spacial score (nSPS) is 15.0. The summed E-state index contributed by atoms with van der Waals surface area (Å²) in [7, 11) is 1.57. The van der Waals surface area contributed by atoms with Crippen LogP contribution in [0.2, 0.25) is 15.1 Å². The van der Waals surface area contributed by atoms with Gasteiger partial charge in [-0.25, -0.2) is 0 Å². The first-order valence-corrected chi connectivity index (χ1v) is 17.1. The molecule has 6 rings (SSSR count). The van der Waals surface area contributed by atoms with Crippen molar-refractivity contribution in [2.24, 2.45) is 0 Å². The monoisotopic (exact) mass is 719 g/mol. The van der Waals surface area contributed by atoms with Crippen LogP contribution in [0.25, 0.3) is 33.2 Å². The molecule has 1 aromatic heterocycles. The van der Waals surface area contributed by atoms with E-state index in [0.717, 1.165) is 62.8 Å². The summed E-state index contributed by atoms with van der Waals surface area (Å²) in [5.74, 6) is 0.716. The van der Waals surface area contributed by atoms with E-state index in [1.54, 1.807) is 19.4 Å². The highest BCUT2D eigenvalue weighted by Crippen LogP contribution is 2.41. The zero-order valence-electron chi connectivity index (χ0n) is 26.8. The Morgan fingerprint density at radius 3 is 2.55 bits per heavy atom. The number of halogens is 3. The third-order valence-corrected chi connectivity index (χ3v) is 9.75. The smallest absolute Gasteiger partial charge is 0.220 e. The molecule has 0 aliphatic carbocycles. The number of methoxy groups -OCH3 is 1. The SMILES string of the molecule is COc1cc(Cn2ncc3c(-c4cccc(-c5ccc(CNCC6CCC(=O)N6)cc5)c4Cl)cc(Cl)cc32)c(Cl)cc1CNC(C=O)CO. The van der Waals surface area contributed by atoms with Crippen molar-refractivity contribution in [1.82, 2.24) is 25.7 Å². The molecule has 0 bridgehead atoms. The first-order valence-electron chi connectivity index (χ1n) is 16.0. The van der Waals surface area contributed by atoms with E-state index in [0.29, 0.717) is 53.2 Å². The number of ether oxygens (including phenoxy) is 1. The summed E-state index contributed by atoms with van der Waals surface area (Å²) in [5, 5.41) is 26.0. The molecule has 5 aromatic rings. The minimum atomic E-state index is -0.681.